The van der Waals surface area contributed by atoms with Crippen molar-refractivity contribution in [3.63, 3.8) is 0 Å². The Bertz CT molecular complexity index is 1330. The van der Waals surface area contributed by atoms with Crippen molar-refractivity contribution in [1.29, 1.82) is 0 Å². The molecule has 6 nitrogen and oxygen atoms in total. The molecule has 1 heterocycles. The molecular weight excluding hydrogens is 460 g/mol. The van der Waals surface area contributed by atoms with Crippen LogP contribution in [-0.4, -0.2) is 26.5 Å². The summed E-state index contributed by atoms with van der Waals surface area (Å²) in [7, 11) is -3.96. The van der Waals surface area contributed by atoms with E-state index in [4.69, 9.17) is 4.74 Å². The number of amides is 1. The summed E-state index contributed by atoms with van der Waals surface area (Å²) in [6.07, 6.45) is 0.573. The summed E-state index contributed by atoms with van der Waals surface area (Å²) in [5.74, 6) is 0.365. The molecule has 0 saturated heterocycles. The van der Waals surface area contributed by atoms with Crippen LogP contribution >= 0.6 is 0 Å². The third kappa shape index (κ3) is 5.51. The molecule has 0 saturated carbocycles. The number of fused-ring (bicyclic) bond motifs is 1. The van der Waals surface area contributed by atoms with Gasteiger partial charge in [-0.1, -0.05) is 47.5 Å². The fourth-order valence-corrected chi connectivity index (χ4v) is 5.74. The van der Waals surface area contributed by atoms with E-state index in [9.17, 15) is 13.2 Å². The summed E-state index contributed by atoms with van der Waals surface area (Å²) >= 11 is 0. The number of ether oxygens (including phenoxy) is 1. The van der Waals surface area contributed by atoms with Gasteiger partial charge in [-0.15, -0.1) is 0 Å². The van der Waals surface area contributed by atoms with Crippen molar-refractivity contribution < 1.29 is 17.9 Å². The van der Waals surface area contributed by atoms with Gasteiger partial charge in [0.05, 0.1) is 16.6 Å². The molecule has 35 heavy (non-hydrogen) atoms. The van der Waals surface area contributed by atoms with E-state index >= 15 is 0 Å². The van der Waals surface area contributed by atoms with Gasteiger partial charge in [0.2, 0.25) is 5.91 Å². The minimum absolute atomic E-state index is 0.143. The topological polar surface area (TPSA) is 75.7 Å². The highest BCUT2D eigenvalue weighted by Crippen LogP contribution is 2.40. The van der Waals surface area contributed by atoms with E-state index in [0.717, 1.165) is 28.0 Å². The Labute approximate surface area is 208 Å². The number of nitrogens with one attached hydrogen (secondary N) is 1. The Morgan fingerprint density at radius 3 is 2.14 bits per heavy atom. The first-order chi connectivity index (χ1) is 16.4. The molecule has 4 rings (SSSR count). The zero-order chi connectivity index (χ0) is 25.4. The average Bonchev–Trinajstić information content (AvgIpc) is 2.77. The molecule has 3 aromatic rings. The summed E-state index contributed by atoms with van der Waals surface area (Å²) in [5, 5.41) is 3.07. The van der Waals surface area contributed by atoms with E-state index in [-0.39, 0.29) is 23.4 Å². The third-order valence-electron chi connectivity index (χ3n) is 6.18. The number of benzene rings is 3. The standard InChI is InChI=1S/C28H32N2O4S/c1-19-6-11-22(12-7-19)30(35(32,33)23-13-8-20(2)9-14-23)18-27(31)29-25-17-28(4,5)34-26-16-21(3)10-15-24(25)26/h6-16,25H,17-18H2,1-5H3,(H,29,31). The molecule has 1 atom stereocenters. The van der Waals surface area contributed by atoms with Gasteiger partial charge < -0.3 is 10.1 Å². The van der Waals surface area contributed by atoms with Crippen LogP contribution in [0.3, 0.4) is 0 Å². The van der Waals surface area contributed by atoms with E-state index in [0.29, 0.717) is 12.1 Å². The van der Waals surface area contributed by atoms with E-state index in [1.165, 1.54) is 4.31 Å². The Morgan fingerprint density at radius 1 is 0.943 bits per heavy atom. The van der Waals surface area contributed by atoms with Crippen LogP contribution in [0.2, 0.25) is 0 Å². The molecule has 1 unspecified atom stereocenters. The Hall–Kier alpha value is -3.32. The second-order valence-corrected chi connectivity index (χ2v) is 11.7. The first kappa shape index (κ1) is 24.8. The van der Waals surface area contributed by atoms with Gasteiger partial charge in [-0.05, 0) is 70.5 Å². The maximum Gasteiger partial charge on any atom is 0.264 e. The quantitative estimate of drug-likeness (QED) is 0.512. The Balaban J connectivity index is 1.64. The third-order valence-corrected chi connectivity index (χ3v) is 7.97. The molecule has 7 heteroatoms. The number of carbonyl (C=O) groups is 1. The van der Waals surface area contributed by atoms with Crippen LogP contribution < -0.4 is 14.4 Å². The zero-order valence-corrected chi connectivity index (χ0v) is 21.6. The summed E-state index contributed by atoms with van der Waals surface area (Å²) in [6, 6.07) is 19.4. The molecular formula is C28H32N2O4S. The second kappa shape index (κ2) is 9.38. The summed E-state index contributed by atoms with van der Waals surface area (Å²) in [5.41, 5.74) is 3.90. The molecule has 3 aromatic carbocycles. The lowest BCUT2D eigenvalue weighted by Gasteiger charge is -2.38. The fraction of sp³-hybridized carbons (Fsp3) is 0.321. The number of anilines is 1. The Kier molecular flexibility index (Phi) is 6.64. The summed E-state index contributed by atoms with van der Waals surface area (Å²) in [6.45, 7) is 9.46. The first-order valence-corrected chi connectivity index (χ1v) is 13.1. The molecule has 0 spiro atoms. The van der Waals surface area contributed by atoms with E-state index in [1.807, 2.05) is 65.0 Å². The number of carbonyl (C=O) groups excluding carboxylic acids is 1. The van der Waals surface area contributed by atoms with Gasteiger partial charge in [-0.3, -0.25) is 9.10 Å². The molecule has 1 amide bonds. The van der Waals surface area contributed by atoms with E-state index in [1.54, 1.807) is 36.4 Å². The second-order valence-electron chi connectivity index (χ2n) is 9.89. The van der Waals surface area contributed by atoms with Crippen LogP contribution in [0, 0.1) is 20.8 Å². The van der Waals surface area contributed by atoms with Gasteiger partial charge in [-0.25, -0.2) is 8.42 Å². The molecule has 0 radical (unpaired) electrons. The zero-order valence-electron chi connectivity index (χ0n) is 20.8. The number of hydrogen-bond acceptors (Lipinski definition) is 4. The smallest absolute Gasteiger partial charge is 0.264 e. The van der Waals surface area contributed by atoms with Gasteiger partial charge in [0.1, 0.15) is 17.9 Å². The maximum atomic E-state index is 13.6. The Morgan fingerprint density at radius 2 is 1.51 bits per heavy atom. The molecule has 184 valence electrons. The highest BCUT2D eigenvalue weighted by molar-refractivity contribution is 7.92. The van der Waals surface area contributed by atoms with Crippen molar-refractivity contribution in [3.05, 3.63) is 89.0 Å². The van der Waals surface area contributed by atoms with Crippen molar-refractivity contribution in [3.8, 4) is 5.75 Å². The maximum absolute atomic E-state index is 13.6. The van der Waals surface area contributed by atoms with Crippen molar-refractivity contribution in [2.24, 2.45) is 0 Å². The van der Waals surface area contributed by atoms with Gasteiger partial charge in [0.25, 0.3) is 10.0 Å². The molecule has 0 aliphatic carbocycles. The number of rotatable bonds is 6. The highest BCUT2D eigenvalue weighted by atomic mass is 32.2. The molecule has 0 bridgehead atoms. The number of sulfonamides is 1. The van der Waals surface area contributed by atoms with Crippen molar-refractivity contribution in [2.45, 2.75) is 57.6 Å². The lowest BCUT2D eigenvalue weighted by atomic mass is 9.89. The van der Waals surface area contributed by atoms with Crippen LogP contribution in [0.5, 0.6) is 5.75 Å². The number of nitrogens with zero attached hydrogens (tertiary/aromatic N) is 1. The fourth-order valence-electron chi connectivity index (χ4n) is 4.32. The highest BCUT2D eigenvalue weighted by Gasteiger charge is 2.35. The minimum Gasteiger partial charge on any atom is -0.487 e. The van der Waals surface area contributed by atoms with Crippen LogP contribution in [0.4, 0.5) is 5.69 Å². The van der Waals surface area contributed by atoms with Gasteiger partial charge in [0.15, 0.2) is 0 Å². The molecule has 1 aliphatic rings. The molecule has 0 fully saturated rings. The van der Waals surface area contributed by atoms with E-state index < -0.39 is 15.6 Å². The predicted molar refractivity (Wildman–Crippen MR) is 138 cm³/mol. The van der Waals surface area contributed by atoms with Gasteiger partial charge in [-0.2, -0.15) is 0 Å². The van der Waals surface area contributed by atoms with Crippen molar-refractivity contribution in [2.75, 3.05) is 10.8 Å². The first-order valence-electron chi connectivity index (χ1n) is 11.7. The van der Waals surface area contributed by atoms with Crippen molar-refractivity contribution in [1.82, 2.24) is 5.32 Å². The minimum atomic E-state index is -3.96. The average molecular weight is 493 g/mol. The van der Waals surface area contributed by atoms with Gasteiger partial charge in [0, 0.05) is 12.0 Å². The number of aryl methyl sites for hydroxylation is 3. The van der Waals surface area contributed by atoms with E-state index in [2.05, 4.69) is 5.32 Å². The SMILES string of the molecule is Cc1ccc(N(CC(=O)NC2CC(C)(C)Oc3cc(C)ccc32)S(=O)(=O)c2ccc(C)cc2)cc1. The van der Waals surface area contributed by atoms with Crippen molar-refractivity contribution >= 4 is 21.6 Å². The van der Waals surface area contributed by atoms with Gasteiger partial charge >= 0.3 is 0 Å². The molecule has 0 aromatic heterocycles. The normalized spacial score (nSPS) is 16.7. The molecule has 1 aliphatic heterocycles. The van der Waals surface area contributed by atoms with Crippen LogP contribution in [0.15, 0.2) is 71.6 Å². The number of hydrogen-bond donors (Lipinski definition) is 1. The predicted octanol–water partition coefficient (Wildman–Crippen LogP) is 5.23. The summed E-state index contributed by atoms with van der Waals surface area (Å²) in [4.78, 5) is 13.5. The monoisotopic (exact) mass is 492 g/mol. The summed E-state index contributed by atoms with van der Waals surface area (Å²) < 4.78 is 34.6. The lowest BCUT2D eigenvalue weighted by Crippen LogP contribution is -2.45. The van der Waals surface area contributed by atoms with Crippen LogP contribution in [0.25, 0.3) is 0 Å². The largest absolute Gasteiger partial charge is 0.487 e. The lowest BCUT2D eigenvalue weighted by molar-refractivity contribution is -0.120. The molecule has 1 N–H and O–H groups in total. The van der Waals surface area contributed by atoms with Crippen LogP contribution in [0.1, 0.15) is 48.6 Å². The van der Waals surface area contributed by atoms with Crippen LogP contribution in [-0.2, 0) is 14.8 Å².